The maximum atomic E-state index is 14.3. The number of nitrogens with two attached hydrogens (primary N) is 2. The second-order valence-electron chi connectivity index (χ2n) is 12.8. The summed E-state index contributed by atoms with van der Waals surface area (Å²) in [5.74, 6) is 1.78. The molecule has 0 bridgehead atoms. The van der Waals surface area contributed by atoms with Crippen LogP contribution >= 0.6 is 0 Å². The number of nitrogen functional groups attached to an aromatic ring is 1. The number of aromatic nitrogens is 2. The first-order valence-electron chi connectivity index (χ1n) is 16.4. The summed E-state index contributed by atoms with van der Waals surface area (Å²) in [6.45, 7) is 2.42. The Balaban J connectivity index is 1.18. The number of fused-ring (bicyclic) bond motifs is 2. The molecular formula is C40H40N6O. The molecule has 1 heterocycles. The Morgan fingerprint density at radius 3 is 2.15 bits per heavy atom. The van der Waals surface area contributed by atoms with Crippen molar-refractivity contribution in [2.45, 2.75) is 51.9 Å². The number of nitrogens with one attached hydrogen (secondary N) is 1. The topological polar surface area (TPSA) is 114 Å². The van der Waals surface area contributed by atoms with Crippen molar-refractivity contribution in [2.24, 2.45) is 17.4 Å². The Morgan fingerprint density at radius 2 is 1.43 bits per heavy atom. The van der Waals surface area contributed by atoms with Crippen LogP contribution in [0.4, 0.5) is 0 Å². The van der Waals surface area contributed by atoms with Crippen LogP contribution in [0, 0.1) is 11.3 Å². The fourth-order valence-corrected chi connectivity index (χ4v) is 6.31. The number of hydrogen-bond acceptors (Lipinski definition) is 4. The maximum Gasteiger partial charge on any atom is 0.254 e. The van der Waals surface area contributed by atoms with Crippen LogP contribution in [0.2, 0.25) is 0 Å². The van der Waals surface area contributed by atoms with E-state index in [9.17, 15) is 4.79 Å². The first-order valence-corrected chi connectivity index (χ1v) is 16.4. The summed E-state index contributed by atoms with van der Waals surface area (Å²) in [7, 11) is 0. The number of hydrogen-bond donors (Lipinski definition) is 3. The first kappa shape index (κ1) is 30.4. The highest BCUT2D eigenvalue weighted by molar-refractivity contribution is 5.97. The highest BCUT2D eigenvalue weighted by atomic mass is 16.2. The largest absolute Gasteiger partial charge is 0.384 e. The molecule has 0 atom stereocenters. The molecule has 1 aliphatic carbocycles. The Morgan fingerprint density at radius 1 is 0.766 bits per heavy atom. The van der Waals surface area contributed by atoms with E-state index in [-0.39, 0.29) is 11.7 Å². The molecule has 5 aromatic carbocycles. The summed E-state index contributed by atoms with van der Waals surface area (Å²) in [5.41, 5.74) is 19.2. The molecule has 1 aromatic heterocycles. The zero-order valence-electron chi connectivity index (χ0n) is 26.5. The van der Waals surface area contributed by atoms with E-state index < -0.39 is 0 Å². The van der Waals surface area contributed by atoms with Crippen molar-refractivity contribution in [3.63, 3.8) is 0 Å². The molecule has 0 aliphatic heterocycles. The van der Waals surface area contributed by atoms with E-state index in [1.165, 1.54) is 23.8 Å². The Kier molecular flexibility index (Phi) is 8.55. The van der Waals surface area contributed by atoms with Crippen LogP contribution in [-0.2, 0) is 39.0 Å². The lowest BCUT2D eigenvalue weighted by Gasteiger charge is -2.24. The van der Waals surface area contributed by atoms with Gasteiger partial charge in [0.2, 0.25) is 0 Å². The average Bonchev–Trinajstić information content (AvgIpc) is 3.86. The van der Waals surface area contributed by atoms with Gasteiger partial charge in [0.15, 0.2) is 0 Å². The maximum absolute atomic E-state index is 14.3. The van der Waals surface area contributed by atoms with Gasteiger partial charge in [0, 0.05) is 43.7 Å². The lowest BCUT2D eigenvalue weighted by molar-refractivity contribution is 0.0730. The van der Waals surface area contributed by atoms with E-state index in [1.54, 1.807) is 0 Å². The van der Waals surface area contributed by atoms with Crippen LogP contribution < -0.4 is 11.5 Å². The van der Waals surface area contributed by atoms with Gasteiger partial charge >= 0.3 is 0 Å². The molecule has 1 aliphatic rings. The molecule has 0 radical (unpaired) electrons. The highest BCUT2D eigenvalue weighted by Crippen LogP contribution is 2.33. The van der Waals surface area contributed by atoms with Gasteiger partial charge in [0.05, 0.1) is 11.0 Å². The van der Waals surface area contributed by atoms with Crippen molar-refractivity contribution in [3.05, 3.63) is 148 Å². The van der Waals surface area contributed by atoms with Crippen LogP contribution in [0.3, 0.4) is 0 Å². The number of amides is 1. The molecule has 0 unspecified atom stereocenters. The van der Waals surface area contributed by atoms with Crippen molar-refractivity contribution in [1.82, 2.24) is 14.5 Å². The quantitative estimate of drug-likeness (QED) is 0.101. The SMILES string of the molecule is N=C(N)c1ccc(CCc2nc3cc(C(=O)N(Cc4ccc(CN)cc4)Cc4ccc5ccccc5c4)ccc3n2CC2CC2)cc1. The molecule has 1 amide bonds. The molecular weight excluding hydrogens is 580 g/mol. The number of amidine groups is 1. The van der Waals surface area contributed by atoms with Crippen molar-refractivity contribution in [2.75, 3.05) is 0 Å². The van der Waals surface area contributed by atoms with Gasteiger partial charge in [0.25, 0.3) is 5.91 Å². The lowest BCUT2D eigenvalue weighted by Crippen LogP contribution is -2.30. The molecule has 47 heavy (non-hydrogen) atoms. The summed E-state index contributed by atoms with van der Waals surface area (Å²) in [4.78, 5) is 21.3. The van der Waals surface area contributed by atoms with Gasteiger partial charge in [-0.2, -0.15) is 0 Å². The number of rotatable bonds is 12. The first-order chi connectivity index (χ1) is 22.9. The summed E-state index contributed by atoms with van der Waals surface area (Å²) in [6, 6.07) is 36.8. The average molecular weight is 621 g/mol. The van der Waals surface area contributed by atoms with Crippen LogP contribution in [-0.4, -0.2) is 26.2 Å². The standard InChI is InChI=1S/C40H40N6O/c41-23-28-5-7-29(8-6-28)24-45(25-31-13-15-32-3-1-2-4-34(32)21-31)40(47)35-18-19-37-36(22-35)44-38(46(37)26-30-9-10-30)20-14-27-11-16-33(17-12-27)39(42)43/h1-8,11-13,15-19,21-22,30H,9-10,14,20,23-26,41H2,(H3,42,43). The molecule has 7 rings (SSSR count). The predicted octanol–water partition coefficient (Wildman–Crippen LogP) is 6.97. The minimum absolute atomic E-state index is 0.0215. The molecule has 6 aromatic rings. The molecule has 7 heteroatoms. The van der Waals surface area contributed by atoms with Gasteiger partial charge in [-0.25, -0.2) is 4.98 Å². The third-order valence-electron chi connectivity index (χ3n) is 9.22. The van der Waals surface area contributed by atoms with Gasteiger partial charge < -0.3 is 20.9 Å². The predicted molar refractivity (Wildman–Crippen MR) is 189 cm³/mol. The van der Waals surface area contributed by atoms with Gasteiger partial charge in [0.1, 0.15) is 11.7 Å². The lowest BCUT2D eigenvalue weighted by atomic mass is 10.1. The monoisotopic (exact) mass is 620 g/mol. The summed E-state index contributed by atoms with van der Waals surface area (Å²) < 4.78 is 2.36. The number of nitrogens with zero attached hydrogens (tertiary/aromatic N) is 3. The number of benzene rings is 5. The van der Waals surface area contributed by atoms with Crippen LogP contribution in [0.15, 0.2) is 109 Å². The normalized spacial score (nSPS) is 12.9. The van der Waals surface area contributed by atoms with Gasteiger partial charge in [-0.05, 0) is 82.5 Å². The van der Waals surface area contributed by atoms with Gasteiger partial charge in [-0.15, -0.1) is 0 Å². The zero-order valence-corrected chi connectivity index (χ0v) is 26.5. The van der Waals surface area contributed by atoms with Crippen molar-refractivity contribution in [3.8, 4) is 0 Å². The summed E-state index contributed by atoms with van der Waals surface area (Å²) >= 11 is 0. The molecule has 1 saturated carbocycles. The Labute approximate surface area is 275 Å². The second kappa shape index (κ2) is 13.2. The van der Waals surface area contributed by atoms with E-state index in [0.29, 0.717) is 31.1 Å². The number of carbonyl (C=O) groups excluding carboxylic acids is 1. The third kappa shape index (κ3) is 6.95. The van der Waals surface area contributed by atoms with E-state index >= 15 is 0 Å². The van der Waals surface area contributed by atoms with E-state index in [4.69, 9.17) is 21.9 Å². The van der Waals surface area contributed by atoms with Gasteiger partial charge in [-0.1, -0.05) is 84.9 Å². The Bertz CT molecular complexity index is 2060. The molecule has 5 N–H and O–H groups in total. The second-order valence-corrected chi connectivity index (χ2v) is 12.8. The number of imidazole rings is 1. The van der Waals surface area contributed by atoms with E-state index in [0.717, 1.165) is 63.9 Å². The van der Waals surface area contributed by atoms with Gasteiger partial charge in [-0.3, -0.25) is 10.2 Å². The summed E-state index contributed by atoms with van der Waals surface area (Å²) in [6.07, 6.45) is 4.12. The zero-order chi connectivity index (χ0) is 32.3. The molecule has 236 valence electrons. The van der Waals surface area contributed by atoms with Crippen molar-refractivity contribution >= 4 is 33.5 Å². The third-order valence-corrected chi connectivity index (χ3v) is 9.22. The summed E-state index contributed by atoms with van der Waals surface area (Å²) in [5, 5.41) is 10.0. The fraction of sp³-hybridized carbons (Fsp3) is 0.225. The number of carbonyl (C=O) groups is 1. The van der Waals surface area contributed by atoms with Crippen LogP contribution in [0.1, 0.15) is 56.8 Å². The van der Waals surface area contributed by atoms with E-state index in [2.05, 4.69) is 53.1 Å². The molecule has 7 nitrogen and oxygen atoms in total. The van der Waals surface area contributed by atoms with Crippen molar-refractivity contribution in [1.29, 1.82) is 5.41 Å². The smallest absolute Gasteiger partial charge is 0.254 e. The number of aryl methyl sites for hydroxylation is 2. The molecule has 1 fully saturated rings. The van der Waals surface area contributed by atoms with Crippen molar-refractivity contribution < 1.29 is 4.79 Å². The minimum atomic E-state index is -0.0215. The molecule has 0 spiro atoms. The van der Waals surface area contributed by atoms with Crippen LogP contribution in [0.25, 0.3) is 21.8 Å². The fourth-order valence-electron chi connectivity index (χ4n) is 6.31. The van der Waals surface area contributed by atoms with E-state index in [1.807, 2.05) is 65.6 Å². The highest BCUT2D eigenvalue weighted by Gasteiger charge is 2.25. The molecule has 0 saturated heterocycles. The van der Waals surface area contributed by atoms with Crippen LogP contribution in [0.5, 0.6) is 0 Å². The Hall–Kier alpha value is -5.27. The minimum Gasteiger partial charge on any atom is -0.384 e.